The number of anilines is 1. The van der Waals surface area contributed by atoms with E-state index in [2.05, 4.69) is 30.0 Å². The molecule has 1 aromatic heterocycles. The molecule has 0 unspecified atom stereocenters. The number of fused-ring (bicyclic) bond motifs is 1. The van der Waals surface area contributed by atoms with Crippen molar-refractivity contribution in [2.24, 2.45) is 0 Å². The summed E-state index contributed by atoms with van der Waals surface area (Å²) in [5, 5.41) is 10.1. The van der Waals surface area contributed by atoms with Crippen LogP contribution in [-0.2, 0) is 0 Å². The summed E-state index contributed by atoms with van der Waals surface area (Å²) in [4.78, 5) is 18.6. The van der Waals surface area contributed by atoms with Crippen LogP contribution in [-0.4, -0.2) is 28.6 Å². The molecule has 3 aromatic rings. The fourth-order valence-electron chi connectivity index (χ4n) is 3.62. The number of rotatable bonds is 3. The van der Waals surface area contributed by atoms with Gasteiger partial charge in [0, 0.05) is 23.5 Å². The summed E-state index contributed by atoms with van der Waals surface area (Å²) < 4.78 is 0. The summed E-state index contributed by atoms with van der Waals surface area (Å²) in [6.45, 7) is 3.24. The normalized spacial score (nSPS) is 17.2. The van der Waals surface area contributed by atoms with Crippen molar-refractivity contribution in [1.29, 1.82) is 0 Å². The number of carbonyl (C=O) groups is 1. The number of pyridine rings is 1. The van der Waals surface area contributed by atoms with E-state index in [0.29, 0.717) is 11.6 Å². The van der Waals surface area contributed by atoms with Gasteiger partial charge in [-0.3, -0.25) is 0 Å². The smallest absolute Gasteiger partial charge is 0.335 e. The summed E-state index contributed by atoms with van der Waals surface area (Å²) in [6, 6.07) is 17.9. The number of nitrogens with zero attached hydrogens (tertiary/aromatic N) is 2. The molecule has 2 heterocycles. The minimum absolute atomic E-state index is 0.294. The second kappa shape index (κ2) is 6.20. The minimum atomic E-state index is -0.912. The number of carboxylic acid groups (broad SMARTS) is 1. The summed E-state index contributed by atoms with van der Waals surface area (Å²) in [6.07, 6.45) is 2.34. The number of benzene rings is 2. The quantitative estimate of drug-likeness (QED) is 0.762. The summed E-state index contributed by atoms with van der Waals surface area (Å²) in [7, 11) is 0. The van der Waals surface area contributed by atoms with Crippen molar-refractivity contribution in [1.82, 2.24) is 4.98 Å². The number of aromatic nitrogens is 1. The third kappa shape index (κ3) is 2.84. The Morgan fingerprint density at radius 1 is 1.16 bits per heavy atom. The number of hydrogen-bond donors (Lipinski definition) is 1. The van der Waals surface area contributed by atoms with Gasteiger partial charge < -0.3 is 10.0 Å². The van der Waals surface area contributed by atoms with Crippen molar-refractivity contribution in [2.75, 3.05) is 11.4 Å². The lowest BCUT2D eigenvalue weighted by atomic mass is 10.0. The molecule has 25 heavy (non-hydrogen) atoms. The van der Waals surface area contributed by atoms with Crippen molar-refractivity contribution in [3.63, 3.8) is 0 Å². The van der Waals surface area contributed by atoms with Crippen molar-refractivity contribution in [3.8, 4) is 11.3 Å². The molecule has 4 heteroatoms. The largest absolute Gasteiger partial charge is 0.478 e. The van der Waals surface area contributed by atoms with E-state index in [1.165, 1.54) is 12.8 Å². The van der Waals surface area contributed by atoms with Crippen molar-refractivity contribution >= 4 is 22.6 Å². The van der Waals surface area contributed by atoms with E-state index in [0.717, 1.165) is 34.4 Å². The third-order valence-corrected chi connectivity index (χ3v) is 4.95. The topological polar surface area (TPSA) is 53.4 Å². The summed E-state index contributed by atoms with van der Waals surface area (Å²) in [5.74, 6) is -0.912. The first-order valence-electron chi connectivity index (χ1n) is 8.63. The molecule has 0 spiro atoms. The molecular formula is C21H20N2O2. The lowest BCUT2D eigenvalue weighted by Crippen LogP contribution is -2.27. The monoisotopic (exact) mass is 332 g/mol. The van der Waals surface area contributed by atoms with E-state index in [1.807, 2.05) is 18.2 Å². The Labute approximate surface area is 146 Å². The third-order valence-electron chi connectivity index (χ3n) is 4.95. The van der Waals surface area contributed by atoms with E-state index in [4.69, 9.17) is 4.98 Å². The SMILES string of the molecule is C[C@H]1CCCN1c1cc2cc(C(=O)O)ccc2nc1-c1ccccc1. The standard InChI is InChI=1S/C21H20N2O2/c1-14-6-5-11-23(14)19-13-17-12-16(21(24)25)9-10-18(17)22-20(19)15-7-3-2-4-8-15/h2-4,7-10,12-14H,5-6,11H2,1H3,(H,24,25)/t14-/m0/s1. The maximum Gasteiger partial charge on any atom is 0.335 e. The van der Waals surface area contributed by atoms with Crippen LogP contribution < -0.4 is 4.90 Å². The van der Waals surface area contributed by atoms with Gasteiger partial charge >= 0.3 is 5.97 Å². The molecule has 4 rings (SSSR count). The molecule has 126 valence electrons. The van der Waals surface area contributed by atoms with E-state index in [1.54, 1.807) is 18.2 Å². The fourth-order valence-corrected chi connectivity index (χ4v) is 3.62. The Hall–Kier alpha value is -2.88. The molecule has 2 aromatic carbocycles. The fraction of sp³-hybridized carbons (Fsp3) is 0.238. The van der Waals surface area contributed by atoms with Crippen LogP contribution in [0.4, 0.5) is 5.69 Å². The van der Waals surface area contributed by atoms with E-state index in [9.17, 15) is 9.90 Å². The van der Waals surface area contributed by atoms with Crippen LogP contribution in [0.15, 0.2) is 54.6 Å². The molecule has 0 radical (unpaired) electrons. The van der Waals surface area contributed by atoms with Crippen LogP contribution in [0.25, 0.3) is 22.2 Å². The highest BCUT2D eigenvalue weighted by atomic mass is 16.4. The zero-order valence-electron chi connectivity index (χ0n) is 14.1. The molecule has 1 saturated heterocycles. The van der Waals surface area contributed by atoms with Gasteiger partial charge in [0.25, 0.3) is 0 Å². The number of aromatic carboxylic acids is 1. The van der Waals surface area contributed by atoms with E-state index >= 15 is 0 Å². The first-order chi connectivity index (χ1) is 12.1. The summed E-state index contributed by atoms with van der Waals surface area (Å²) in [5.41, 5.74) is 4.25. The number of carboxylic acids is 1. The van der Waals surface area contributed by atoms with Gasteiger partial charge in [-0.25, -0.2) is 9.78 Å². The average Bonchev–Trinajstić information content (AvgIpc) is 3.06. The lowest BCUT2D eigenvalue weighted by Gasteiger charge is -2.26. The Morgan fingerprint density at radius 2 is 1.96 bits per heavy atom. The predicted molar refractivity (Wildman–Crippen MR) is 100 cm³/mol. The lowest BCUT2D eigenvalue weighted by molar-refractivity contribution is 0.0697. The summed E-state index contributed by atoms with van der Waals surface area (Å²) >= 11 is 0. The average molecular weight is 332 g/mol. The van der Waals surface area contributed by atoms with E-state index < -0.39 is 5.97 Å². The molecule has 1 atom stereocenters. The van der Waals surface area contributed by atoms with Gasteiger partial charge in [-0.2, -0.15) is 0 Å². The van der Waals surface area contributed by atoms with Crippen molar-refractivity contribution < 1.29 is 9.90 Å². The van der Waals surface area contributed by atoms with Crippen LogP contribution in [0.5, 0.6) is 0 Å². The molecule has 0 amide bonds. The Balaban J connectivity index is 1.95. The molecule has 1 fully saturated rings. The maximum absolute atomic E-state index is 11.3. The predicted octanol–water partition coefficient (Wildman–Crippen LogP) is 4.59. The van der Waals surface area contributed by atoms with Gasteiger partial charge in [0.1, 0.15) is 0 Å². The molecule has 0 bridgehead atoms. The van der Waals surface area contributed by atoms with Gasteiger partial charge in [-0.05, 0) is 44.0 Å². The highest BCUT2D eigenvalue weighted by Gasteiger charge is 2.24. The Morgan fingerprint density at radius 3 is 2.64 bits per heavy atom. The van der Waals surface area contributed by atoms with Crippen LogP contribution in [0.3, 0.4) is 0 Å². The second-order valence-corrected chi connectivity index (χ2v) is 6.62. The zero-order chi connectivity index (χ0) is 17.4. The first kappa shape index (κ1) is 15.6. The van der Waals surface area contributed by atoms with Gasteiger partial charge in [0.05, 0.1) is 22.5 Å². The van der Waals surface area contributed by atoms with Crippen LogP contribution in [0.1, 0.15) is 30.1 Å². The Bertz CT molecular complexity index is 937. The van der Waals surface area contributed by atoms with Gasteiger partial charge in [-0.1, -0.05) is 30.3 Å². The van der Waals surface area contributed by atoms with Gasteiger partial charge in [0.2, 0.25) is 0 Å². The highest BCUT2D eigenvalue weighted by Crippen LogP contribution is 2.36. The molecule has 1 N–H and O–H groups in total. The molecular weight excluding hydrogens is 312 g/mol. The second-order valence-electron chi connectivity index (χ2n) is 6.62. The molecule has 0 saturated carbocycles. The van der Waals surface area contributed by atoms with Gasteiger partial charge in [-0.15, -0.1) is 0 Å². The van der Waals surface area contributed by atoms with Crippen LogP contribution >= 0.6 is 0 Å². The van der Waals surface area contributed by atoms with Crippen molar-refractivity contribution in [3.05, 3.63) is 60.2 Å². The molecule has 4 nitrogen and oxygen atoms in total. The molecule has 1 aliphatic heterocycles. The van der Waals surface area contributed by atoms with Gasteiger partial charge in [0.15, 0.2) is 0 Å². The van der Waals surface area contributed by atoms with E-state index in [-0.39, 0.29) is 0 Å². The molecule has 1 aliphatic rings. The maximum atomic E-state index is 11.3. The first-order valence-corrected chi connectivity index (χ1v) is 8.63. The zero-order valence-corrected chi connectivity index (χ0v) is 14.1. The number of hydrogen-bond acceptors (Lipinski definition) is 3. The van der Waals surface area contributed by atoms with Crippen LogP contribution in [0.2, 0.25) is 0 Å². The Kier molecular flexibility index (Phi) is 3.88. The highest BCUT2D eigenvalue weighted by molar-refractivity contribution is 5.96. The van der Waals surface area contributed by atoms with Crippen LogP contribution in [0, 0.1) is 0 Å². The minimum Gasteiger partial charge on any atom is -0.478 e. The van der Waals surface area contributed by atoms with Crippen molar-refractivity contribution in [2.45, 2.75) is 25.8 Å². The molecule has 0 aliphatic carbocycles.